The van der Waals surface area contributed by atoms with E-state index in [-0.39, 0.29) is 12.5 Å². The van der Waals surface area contributed by atoms with E-state index in [1.54, 1.807) is 25.4 Å². The van der Waals surface area contributed by atoms with Gasteiger partial charge in [-0.2, -0.15) is 5.10 Å². The SMILES string of the molecule is COc1ccc(NC(=O)Cn2ccc(N)n2)cc1C. The number of nitrogens with zero attached hydrogens (tertiary/aromatic N) is 2. The van der Waals surface area contributed by atoms with Gasteiger partial charge >= 0.3 is 0 Å². The second-order valence-corrected chi connectivity index (χ2v) is 4.17. The summed E-state index contributed by atoms with van der Waals surface area (Å²) in [6.45, 7) is 2.05. The molecule has 0 saturated carbocycles. The van der Waals surface area contributed by atoms with Gasteiger partial charge in [-0.25, -0.2) is 0 Å². The molecule has 0 aliphatic heterocycles. The van der Waals surface area contributed by atoms with Crippen molar-refractivity contribution < 1.29 is 9.53 Å². The highest BCUT2D eigenvalue weighted by atomic mass is 16.5. The summed E-state index contributed by atoms with van der Waals surface area (Å²) in [5.74, 6) is 1.03. The lowest BCUT2D eigenvalue weighted by Gasteiger charge is -2.09. The smallest absolute Gasteiger partial charge is 0.246 e. The van der Waals surface area contributed by atoms with Crippen molar-refractivity contribution in [2.75, 3.05) is 18.2 Å². The molecule has 0 unspecified atom stereocenters. The summed E-state index contributed by atoms with van der Waals surface area (Å²) in [5.41, 5.74) is 7.17. The number of nitrogens with one attached hydrogen (secondary N) is 1. The van der Waals surface area contributed by atoms with Gasteiger partial charge in [-0.05, 0) is 36.8 Å². The molecule has 1 aromatic carbocycles. The maximum atomic E-state index is 11.8. The Morgan fingerprint density at radius 1 is 1.47 bits per heavy atom. The van der Waals surface area contributed by atoms with Crippen molar-refractivity contribution in [1.82, 2.24) is 9.78 Å². The largest absolute Gasteiger partial charge is 0.496 e. The lowest BCUT2D eigenvalue weighted by atomic mass is 10.2. The van der Waals surface area contributed by atoms with Crippen LogP contribution in [0.4, 0.5) is 11.5 Å². The highest BCUT2D eigenvalue weighted by Gasteiger charge is 2.06. The molecule has 1 aromatic heterocycles. The summed E-state index contributed by atoms with van der Waals surface area (Å²) in [5, 5.41) is 6.75. The van der Waals surface area contributed by atoms with Crippen molar-refractivity contribution in [3.63, 3.8) is 0 Å². The first-order valence-corrected chi connectivity index (χ1v) is 5.82. The van der Waals surface area contributed by atoms with Crippen molar-refractivity contribution >= 4 is 17.4 Å². The molecule has 2 aromatic rings. The molecule has 100 valence electrons. The number of carbonyl (C=O) groups excluding carboxylic acids is 1. The molecule has 0 radical (unpaired) electrons. The predicted molar refractivity (Wildman–Crippen MR) is 73.0 cm³/mol. The van der Waals surface area contributed by atoms with Crippen LogP contribution in [-0.4, -0.2) is 22.8 Å². The third kappa shape index (κ3) is 3.25. The number of methoxy groups -OCH3 is 1. The first kappa shape index (κ1) is 12.9. The quantitative estimate of drug-likeness (QED) is 0.871. The van der Waals surface area contributed by atoms with Crippen molar-refractivity contribution in [1.29, 1.82) is 0 Å². The highest BCUT2D eigenvalue weighted by Crippen LogP contribution is 2.21. The number of amides is 1. The molecule has 0 atom stereocenters. The predicted octanol–water partition coefficient (Wildman–Crippen LogP) is 1.42. The zero-order chi connectivity index (χ0) is 13.8. The fraction of sp³-hybridized carbons (Fsp3) is 0.231. The van der Waals surface area contributed by atoms with E-state index in [0.29, 0.717) is 5.82 Å². The first-order chi connectivity index (χ1) is 9.08. The highest BCUT2D eigenvalue weighted by molar-refractivity contribution is 5.90. The molecule has 0 aliphatic rings. The maximum absolute atomic E-state index is 11.8. The molecule has 19 heavy (non-hydrogen) atoms. The third-order valence-corrected chi connectivity index (χ3v) is 2.65. The molecule has 0 fully saturated rings. The number of hydrogen-bond acceptors (Lipinski definition) is 4. The van der Waals surface area contributed by atoms with E-state index in [9.17, 15) is 4.79 Å². The molecular formula is C13H16N4O2. The van der Waals surface area contributed by atoms with Crippen LogP contribution in [0.5, 0.6) is 5.75 Å². The van der Waals surface area contributed by atoms with Gasteiger partial charge in [0.05, 0.1) is 7.11 Å². The monoisotopic (exact) mass is 260 g/mol. The summed E-state index contributed by atoms with van der Waals surface area (Å²) in [4.78, 5) is 11.8. The summed E-state index contributed by atoms with van der Waals surface area (Å²) < 4.78 is 6.65. The van der Waals surface area contributed by atoms with E-state index in [1.165, 1.54) is 4.68 Å². The van der Waals surface area contributed by atoms with Crippen LogP contribution < -0.4 is 15.8 Å². The molecule has 0 spiro atoms. The zero-order valence-electron chi connectivity index (χ0n) is 10.9. The summed E-state index contributed by atoms with van der Waals surface area (Å²) in [6, 6.07) is 7.11. The van der Waals surface area contributed by atoms with Gasteiger partial charge in [0.1, 0.15) is 18.1 Å². The molecule has 6 heteroatoms. The molecular weight excluding hydrogens is 244 g/mol. The number of aryl methyl sites for hydroxylation is 1. The van der Waals surface area contributed by atoms with Crippen molar-refractivity contribution in [2.45, 2.75) is 13.5 Å². The van der Waals surface area contributed by atoms with Gasteiger partial charge in [0.2, 0.25) is 5.91 Å². The molecule has 2 rings (SSSR count). The number of anilines is 2. The van der Waals surface area contributed by atoms with Crippen LogP contribution in [-0.2, 0) is 11.3 Å². The Kier molecular flexibility index (Phi) is 3.70. The van der Waals surface area contributed by atoms with Crippen molar-refractivity contribution in [2.24, 2.45) is 0 Å². The minimum absolute atomic E-state index is 0.127. The van der Waals surface area contributed by atoms with Gasteiger partial charge < -0.3 is 15.8 Å². The summed E-state index contributed by atoms with van der Waals surface area (Å²) in [7, 11) is 1.61. The molecule has 1 heterocycles. The number of ether oxygens (including phenoxy) is 1. The fourth-order valence-corrected chi connectivity index (χ4v) is 1.77. The maximum Gasteiger partial charge on any atom is 0.246 e. The number of hydrogen-bond donors (Lipinski definition) is 2. The van der Waals surface area contributed by atoms with E-state index in [4.69, 9.17) is 10.5 Å². The Morgan fingerprint density at radius 3 is 2.84 bits per heavy atom. The number of nitrogen functional groups attached to an aromatic ring is 1. The minimum atomic E-state index is -0.160. The molecule has 0 bridgehead atoms. The number of rotatable bonds is 4. The summed E-state index contributed by atoms with van der Waals surface area (Å²) in [6.07, 6.45) is 1.66. The lowest BCUT2D eigenvalue weighted by molar-refractivity contribution is -0.116. The number of aromatic nitrogens is 2. The van der Waals surface area contributed by atoms with Gasteiger partial charge in [0.15, 0.2) is 0 Å². The standard InChI is InChI=1S/C13H16N4O2/c1-9-7-10(3-4-11(9)19-2)15-13(18)8-17-6-5-12(14)16-17/h3-7H,8H2,1-2H3,(H2,14,16)(H,15,18). The van der Waals surface area contributed by atoms with Gasteiger partial charge in [-0.3, -0.25) is 9.48 Å². The minimum Gasteiger partial charge on any atom is -0.496 e. The summed E-state index contributed by atoms with van der Waals surface area (Å²) >= 11 is 0. The van der Waals surface area contributed by atoms with Crippen LogP contribution in [0.2, 0.25) is 0 Å². The van der Waals surface area contributed by atoms with Crippen LogP contribution in [0, 0.1) is 6.92 Å². The Labute approximate surface area is 111 Å². The van der Waals surface area contributed by atoms with Gasteiger partial charge in [0, 0.05) is 11.9 Å². The Bertz CT molecular complexity index is 592. The first-order valence-electron chi connectivity index (χ1n) is 5.82. The number of benzene rings is 1. The average Bonchev–Trinajstić information content (AvgIpc) is 2.74. The van der Waals surface area contributed by atoms with Gasteiger partial charge in [-0.1, -0.05) is 0 Å². The topological polar surface area (TPSA) is 82.2 Å². The van der Waals surface area contributed by atoms with E-state index in [2.05, 4.69) is 10.4 Å². The van der Waals surface area contributed by atoms with Crippen LogP contribution >= 0.6 is 0 Å². The Morgan fingerprint density at radius 2 is 2.26 bits per heavy atom. The fourth-order valence-electron chi connectivity index (χ4n) is 1.77. The molecule has 0 saturated heterocycles. The second kappa shape index (κ2) is 5.43. The number of nitrogens with two attached hydrogens (primary N) is 1. The molecule has 1 amide bonds. The van der Waals surface area contributed by atoms with Crippen molar-refractivity contribution in [3.8, 4) is 5.75 Å². The van der Waals surface area contributed by atoms with Crippen molar-refractivity contribution in [3.05, 3.63) is 36.0 Å². The number of carbonyl (C=O) groups is 1. The van der Waals surface area contributed by atoms with Gasteiger partial charge in [0.25, 0.3) is 0 Å². The average molecular weight is 260 g/mol. The van der Waals surface area contributed by atoms with Crippen LogP contribution in [0.25, 0.3) is 0 Å². The lowest BCUT2D eigenvalue weighted by Crippen LogP contribution is -2.19. The van der Waals surface area contributed by atoms with Crippen LogP contribution in [0.3, 0.4) is 0 Å². The molecule has 0 aliphatic carbocycles. The van der Waals surface area contributed by atoms with E-state index < -0.39 is 0 Å². The van der Waals surface area contributed by atoms with E-state index in [1.807, 2.05) is 19.1 Å². The normalized spacial score (nSPS) is 10.2. The Balaban J connectivity index is 2.00. The second-order valence-electron chi connectivity index (χ2n) is 4.17. The Hall–Kier alpha value is -2.50. The molecule has 3 N–H and O–H groups in total. The van der Waals surface area contributed by atoms with E-state index >= 15 is 0 Å². The zero-order valence-corrected chi connectivity index (χ0v) is 10.9. The third-order valence-electron chi connectivity index (χ3n) is 2.65. The van der Waals surface area contributed by atoms with Gasteiger partial charge in [-0.15, -0.1) is 0 Å². The van der Waals surface area contributed by atoms with Crippen LogP contribution in [0.1, 0.15) is 5.56 Å². The van der Waals surface area contributed by atoms with E-state index in [0.717, 1.165) is 17.0 Å². The van der Waals surface area contributed by atoms with Crippen LogP contribution in [0.15, 0.2) is 30.5 Å². The molecule has 6 nitrogen and oxygen atoms in total.